The third-order valence-corrected chi connectivity index (χ3v) is 2.71. The van der Waals surface area contributed by atoms with Crippen molar-refractivity contribution in [2.45, 2.75) is 19.4 Å². The lowest BCUT2D eigenvalue weighted by molar-refractivity contribution is -0.121. The van der Waals surface area contributed by atoms with Crippen LogP contribution in [-0.2, 0) is 4.79 Å². The van der Waals surface area contributed by atoms with Gasteiger partial charge in [0.1, 0.15) is 0 Å². The zero-order valence-corrected chi connectivity index (χ0v) is 11.3. The van der Waals surface area contributed by atoms with Crippen molar-refractivity contribution in [1.29, 1.82) is 0 Å². The first-order valence-corrected chi connectivity index (χ1v) is 6.47. The van der Waals surface area contributed by atoms with Crippen LogP contribution in [0.15, 0.2) is 42.9 Å². The highest BCUT2D eigenvalue weighted by Gasteiger charge is 2.09. The van der Waals surface area contributed by atoms with Gasteiger partial charge in [0.25, 0.3) is 0 Å². The summed E-state index contributed by atoms with van der Waals surface area (Å²) in [6.07, 6.45) is 5.37. The van der Waals surface area contributed by atoms with Crippen molar-refractivity contribution in [3.8, 4) is 0 Å². The van der Waals surface area contributed by atoms with Crippen LogP contribution >= 0.6 is 0 Å². The largest absolute Gasteiger partial charge is 0.354 e. The number of hydrogen-bond donors (Lipinski definition) is 2. The predicted octanol–water partition coefficient (Wildman–Crippen LogP) is 1.55. The van der Waals surface area contributed by atoms with E-state index in [2.05, 4.69) is 25.6 Å². The molecule has 0 aliphatic heterocycles. The average molecular weight is 271 g/mol. The van der Waals surface area contributed by atoms with Gasteiger partial charge in [-0.25, -0.2) is 9.97 Å². The van der Waals surface area contributed by atoms with Crippen molar-refractivity contribution in [2.75, 3.05) is 11.9 Å². The van der Waals surface area contributed by atoms with Crippen LogP contribution in [0.2, 0.25) is 0 Å². The molecule has 2 aromatic rings. The van der Waals surface area contributed by atoms with Gasteiger partial charge in [-0.3, -0.25) is 9.78 Å². The third-order valence-electron chi connectivity index (χ3n) is 2.71. The number of nitrogens with zero attached hydrogens (tertiary/aromatic N) is 3. The molecule has 0 fully saturated rings. The zero-order valence-electron chi connectivity index (χ0n) is 11.3. The fraction of sp³-hybridized carbons (Fsp3) is 0.286. The van der Waals surface area contributed by atoms with Crippen molar-refractivity contribution < 1.29 is 4.79 Å². The van der Waals surface area contributed by atoms with Gasteiger partial charge >= 0.3 is 0 Å². The van der Waals surface area contributed by atoms with Crippen LogP contribution in [0.5, 0.6) is 0 Å². The Bertz CT molecular complexity index is 532. The van der Waals surface area contributed by atoms with Gasteiger partial charge in [0.15, 0.2) is 0 Å². The SMILES string of the molecule is CC(NC(=O)CCNc1ncccn1)c1ccccn1. The number of carbonyl (C=O) groups excluding carboxylic acids is 1. The van der Waals surface area contributed by atoms with Crippen LogP contribution in [0.3, 0.4) is 0 Å². The van der Waals surface area contributed by atoms with Gasteiger partial charge in [-0.1, -0.05) is 6.07 Å². The predicted molar refractivity (Wildman–Crippen MR) is 75.9 cm³/mol. The van der Waals surface area contributed by atoms with E-state index in [1.807, 2.05) is 25.1 Å². The Morgan fingerprint density at radius 1 is 1.15 bits per heavy atom. The van der Waals surface area contributed by atoms with E-state index in [4.69, 9.17) is 0 Å². The lowest BCUT2D eigenvalue weighted by Crippen LogP contribution is -2.28. The van der Waals surface area contributed by atoms with Gasteiger partial charge in [-0.05, 0) is 25.1 Å². The van der Waals surface area contributed by atoms with Gasteiger partial charge in [-0.15, -0.1) is 0 Å². The minimum Gasteiger partial charge on any atom is -0.354 e. The van der Waals surface area contributed by atoms with Crippen LogP contribution in [-0.4, -0.2) is 27.4 Å². The Hall–Kier alpha value is -2.50. The Kier molecular flexibility index (Phi) is 5.00. The van der Waals surface area contributed by atoms with Crippen molar-refractivity contribution in [1.82, 2.24) is 20.3 Å². The Balaban J connectivity index is 1.73. The minimum absolute atomic E-state index is 0.0356. The standard InChI is InChI=1S/C14H17N5O/c1-11(12-5-2-3-7-15-12)19-13(20)6-10-18-14-16-8-4-9-17-14/h2-5,7-9,11H,6,10H2,1H3,(H,19,20)(H,16,17,18). The van der Waals surface area contributed by atoms with Crippen LogP contribution in [0, 0.1) is 0 Å². The maximum Gasteiger partial charge on any atom is 0.222 e. The molecule has 1 atom stereocenters. The Labute approximate surface area is 117 Å². The molecule has 20 heavy (non-hydrogen) atoms. The number of amides is 1. The van der Waals surface area contributed by atoms with Crippen LogP contribution in [0.25, 0.3) is 0 Å². The quantitative estimate of drug-likeness (QED) is 0.833. The van der Waals surface area contributed by atoms with Crippen molar-refractivity contribution in [3.63, 3.8) is 0 Å². The molecule has 0 saturated heterocycles. The number of hydrogen-bond acceptors (Lipinski definition) is 5. The molecule has 1 amide bonds. The molecular formula is C14H17N5O. The molecule has 0 aliphatic carbocycles. The summed E-state index contributed by atoms with van der Waals surface area (Å²) >= 11 is 0. The van der Waals surface area contributed by atoms with Crippen molar-refractivity contribution in [2.24, 2.45) is 0 Å². The van der Waals surface area contributed by atoms with Crippen molar-refractivity contribution in [3.05, 3.63) is 48.5 Å². The van der Waals surface area contributed by atoms with Gasteiger partial charge in [-0.2, -0.15) is 0 Å². The summed E-state index contributed by atoms with van der Waals surface area (Å²) < 4.78 is 0. The van der Waals surface area contributed by atoms with E-state index < -0.39 is 0 Å². The fourth-order valence-electron chi connectivity index (χ4n) is 1.70. The molecular weight excluding hydrogens is 254 g/mol. The highest BCUT2D eigenvalue weighted by Crippen LogP contribution is 2.07. The highest BCUT2D eigenvalue weighted by molar-refractivity contribution is 5.76. The number of anilines is 1. The summed E-state index contributed by atoms with van der Waals surface area (Å²) in [5, 5.41) is 5.89. The molecule has 2 aromatic heterocycles. The minimum atomic E-state index is -0.100. The third kappa shape index (κ3) is 4.31. The molecule has 2 rings (SSSR count). The van der Waals surface area contributed by atoms with E-state index in [-0.39, 0.29) is 11.9 Å². The smallest absolute Gasteiger partial charge is 0.222 e. The summed E-state index contributed by atoms with van der Waals surface area (Å²) in [6, 6.07) is 7.28. The molecule has 2 heterocycles. The van der Waals surface area contributed by atoms with E-state index >= 15 is 0 Å². The van der Waals surface area contributed by atoms with E-state index in [0.717, 1.165) is 5.69 Å². The second-order valence-corrected chi connectivity index (χ2v) is 4.29. The first-order valence-electron chi connectivity index (χ1n) is 6.47. The first kappa shape index (κ1) is 13.9. The average Bonchev–Trinajstić information content (AvgIpc) is 2.49. The number of nitrogens with one attached hydrogen (secondary N) is 2. The first-order chi connectivity index (χ1) is 9.75. The van der Waals surface area contributed by atoms with Gasteiger partial charge in [0.05, 0.1) is 11.7 Å². The normalized spacial score (nSPS) is 11.7. The molecule has 2 N–H and O–H groups in total. The molecule has 0 aromatic carbocycles. The lowest BCUT2D eigenvalue weighted by Gasteiger charge is -2.13. The zero-order chi connectivity index (χ0) is 14.2. The van der Waals surface area contributed by atoms with Gasteiger partial charge in [0.2, 0.25) is 11.9 Å². The number of rotatable bonds is 6. The highest BCUT2D eigenvalue weighted by atomic mass is 16.1. The maximum atomic E-state index is 11.8. The molecule has 6 heteroatoms. The van der Waals surface area contributed by atoms with Gasteiger partial charge < -0.3 is 10.6 Å². The van der Waals surface area contributed by atoms with E-state index in [1.165, 1.54) is 0 Å². The maximum absolute atomic E-state index is 11.8. The fourth-order valence-corrected chi connectivity index (χ4v) is 1.70. The lowest BCUT2D eigenvalue weighted by atomic mass is 10.2. The molecule has 0 bridgehead atoms. The van der Waals surface area contributed by atoms with Crippen molar-refractivity contribution >= 4 is 11.9 Å². The molecule has 0 aliphatic rings. The Morgan fingerprint density at radius 3 is 2.60 bits per heavy atom. The van der Waals surface area contributed by atoms with Crippen LogP contribution in [0.4, 0.5) is 5.95 Å². The number of aromatic nitrogens is 3. The van der Waals surface area contributed by atoms with E-state index in [0.29, 0.717) is 18.9 Å². The molecule has 0 radical (unpaired) electrons. The van der Waals surface area contributed by atoms with E-state index in [1.54, 1.807) is 24.7 Å². The topological polar surface area (TPSA) is 79.8 Å². The second-order valence-electron chi connectivity index (χ2n) is 4.29. The van der Waals surface area contributed by atoms with Crippen LogP contribution < -0.4 is 10.6 Å². The molecule has 1 unspecified atom stereocenters. The molecule has 104 valence electrons. The monoisotopic (exact) mass is 271 g/mol. The van der Waals surface area contributed by atoms with Crippen LogP contribution in [0.1, 0.15) is 25.1 Å². The number of carbonyl (C=O) groups is 1. The Morgan fingerprint density at radius 2 is 1.90 bits per heavy atom. The summed E-state index contributed by atoms with van der Waals surface area (Å²) in [4.78, 5) is 24.0. The molecule has 0 saturated carbocycles. The molecule has 0 spiro atoms. The summed E-state index contributed by atoms with van der Waals surface area (Å²) in [6.45, 7) is 2.40. The summed E-state index contributed by atoms with van der Waals surface area (Å²) in [5.74, 6) is 0.490. The number of pyridine rings is 1. The second kappa shape index (κ2) is 7.18. The van der Waals surface area contributed by atoms with Gasteiger partial charge in [0, 0.05) is 31.6 Å². The molecule has 6 nitrogen and oxygen atoms in total. The summed E-state index contributed by atoms with van der Waals surface area (Å²) in [5.41, 5.74) is 0.847. The summed E-state index contributed by atoms with van der Waals surface area (Å²) in [7, 11) is 0. The van der Waals surface area contributed by atoms with E-state index in [9.17, 15) is 4.79 Å².